The Hall–Kier alpha value is -1.17. The van der Waals surface area contributed by atoms with Crippen LogP contribution >= 0.6 is 0 Å². The van der Waals surface area contributed by atoms with Crippen molar-refractivity contribution in [2.75, 3.05) is 6.54 Å². The fourth-order valence-electron chi connectivity index (χ4n) is 1.01. The van der Waals surface area contributed by atoms with Crippen LogP contribution in [0, 0.1) is 5.95 Å². The topological polar surface area (TPSA) is 38.9 Å². The standard InChI is InChI=1S/C8H8F4N2/c9-7-4-5(1-2-13)3-6(14-7)8(10,11)12/h3-4H,1-2,13H2. The minimum absolute atomic E-state index is 0.167. The Morgan fingerprint density at radius 1 is 1.29 bits per heavy atom. The van der Waals surface area contributed by atoms with E-state index >= 15 is 0 Å². The van der Waals surface area contributed by atoms with Crippen LogP contribution < -0.4 is 5.73 Å². The summed E-state index contributed by atoms with van der Waals surface area (Å²) in [7, 11) is 0. The van der Waals surface area contributed by atoms with E-state index in [0.29, 0.717) is 0 Å². The molecule has 0 aliphatic heterocycles. The maximum Gasteiger partial charge on any atom is 0.433 e. The van der Waals surface area contributed by atoms with Crippen LogP contribution in [0.25, 0.3) is 0 Å². The van der Waals surface area contributed by atoms with Crippen LogP contribution in [0.4, 0.5) is 17.6 Å². The molecule has 0 unspecified atom stereocenters. The van der Waals surface area contributed by atoms with Gasteiger partial charge in [-0.25, -0.2) is 4.98 Å². The van der Waals surface area contributed by atoms with E-state index in [-0.39, 0.29) is 18.5 Å². The molecule has 14 heavy (non-hydrogen) atoms. The Bertz CT molecular complexity index is 322. The average Bonchev–Trinajstić information content (AvgIpc) is 2.02. The highest BCUT2D eigenvalue weighted by Gasteiger charge is 2.33. The summed E-state index contributed by atoms with van der Waals surface area (Å²) in [5.74, 6) is -1.14. The van der Waals surface area contributed by atoms with Gasteiger partial charge in [0.2, 0.25) is 5.95 Å². The number of alkyl halides is 3. The highest BCUT2D eigenvalue weighted by molar-refractivity contribution is 5.19. The summed E-state index contributed by atoms with van der Waals surface area (Å²) in [6.45, 7) is 0.167. The van der Waals surface area contributed by atoms with E-state index in [1.165, 1.54) is 0 Å². The molecule has 1 aromatic heterocycles. The van der Waals surface area contributed by atoms with Gasteiger partial charge in [-0.15, -0.1) is 0 Å². The molecule has 0 aromatic carbocycles. The van der Waals surface area contributed by atoms with Crippen LogP contribution in [0.5, 0.6) is 0 Å². The lowest BCUT2D eigenvalue weighted by Gasteiger charge is -2.07. The van der Waals surface area contributed by atoms with Crippen molar-refractivity contribution < 1.29 is 17.6 Å². The first-order valence-electron chi connectivity index (χ1n) is 3.87. The van der Waals surface area contributed by atoms with Gasteiger partial charge in [-0.1, -0.05) is 0 Å². The molecule has 0 saturated heterocycles. The molecule has 0 aliphatic rings. The van der Waals surface area contributed by atoms with Crippen molar-refractivity contribution in [1.29, 1.82) is 0 Å². The number of pyridine rings is 1. The fourth-order valence-corrected chi connectivity index (χ4v) is 1.01. The predicted octanol–water partition coefficient (Wildman–Crippen LogP) is 1.74. The SMILES string of the molecule is NCCc1cc(F)nc(C(F)(F)F)c1. The molecule has 2 N–H and O–H groups in total. The zero-order valence-electron chi connectivity index (χ0n) is 7.11. The van der Waals surface area contributed by atoms with Gasteiger partial charge in [0.1, 0.15) is 5.69 Å². The zero-order chi connectivity index (χ0) is 10.8. The smallest absolute Gasteiger partial charge is 0.330 e. The van der Waals surface area contributed by atoms with Gasteiger partial charge in [-0.3, -0.25) is 0 Å². The second-order valence-corrected chi connectivity index (χ2v) is 2.72. The largest absolute Gasteiger partial charge is 0.433 e. The van der Waals surface area contributed by atoms with E-state index in [1.807, 2.05) is 0 Å². The number of hydrogen-bond acceptors (Lipinski definition) is 2. The lowest BCUT2D eigenvalue weighted by atomic mass is 10.1. The van der Waals surface area contributed by atoms with Crippen molar-refractivity contribution in [3.8, 4) is 0 Å². The summed E-state index contributed by atoms with van der Waals surface area (Å²) >= 11 is 0. The number of halogens is 4. The molecule has 78 valence electrons. The number of nitrogens with two attached hydrogens (primary N) is 1. The first kappa shape index (κ1) is 10.9. The number of nitrogens with zero attached hydrogens (tertiary/aromatic N) is 1. The van der Waals surface area contributed by atoms with E-state index < -0.39 is 17.8 Å². The first-order valence-corrected chi connectivity index (χ1v) is 3.87. The van der Waals surface area contributed by atoms with Gasteiger partial charge < -0.3 is 5.73 Å². The van der Waals surface area contributed by atoms with E-state index in [0.717, 1.165) is 12.1 Å². The fraction of sp³-hybridized carbons (Fsp3) is 0.375. The average molecular weight is 208 g/mol. The second-order valence-electron chi connectivity index (χ2n) is 2.72. The molecule has 1 heterocycles. The Balaban J connectivity index is 3.07. The number of hydrogen-bond donors (Lipinski definition) is 1. The Morgan fingerprint density at radius 2 is 1.93 bits per heavy atom. The van der Waals surface area contributed by atoms with Gasteiger partial charge in [0.25, 0.3) is 0 Å². The van der Waals surface area contributed by atoms with Crippen LogP contribution in [0.2, 0.25) is 0 Å². The third-order valence-corrected chi connectivity index (χ3v) is 1.58. The molecular formula is C8H8F4N2. The maximum absolute atomic E-state index is 12.6. The lowest BCUT2D eigenvalue weighted by molar-refractivity contribution is -0.141. The van der Waals surface area contributed by atoms with Gasteiger partial charge in [-0.05, 0) is 30.7 Å². The molecule has 0 saturated carbocycles. The van der Waals surface area contributed by atoms with Crippen molar-refractivity contribution in [2.45, 2.75) is 12.6 Å². The normalized spacial score (nSPS) is 11.8. The van der Waals surface area contributed by atoms with E-state index in [4.69, 9.17) is 5.73 Å². The van der Waals surface area contributed by atoms with Crippen molar-refractivity contribution in [3.05, 3.63) is 29.3 Å². The first-order chi connectivity index (χ1) is 6.43. The summed E-state index contributed by atoms with van der Waals surface area (Å²) in [6, 6.07) is 1.75. The van der Waals surface area contributed by atoms with Crippen LogP contribution in [0.1, 0.15) is 11.3 Å². The van der Waals surface area contributed by atoms with E-state index in [9.17, 15) is 17.6 Å². The summed E-state index contributed by atoms with van der Waals surface area (Å²) in [4.78, 5) is 2.75. The van der Waals surface area contributed by atoms with Crippen molar-refractivity contribution in [2.24, 2.45) is 5.73 Å². The lowest BCUT2D eigenvalue weighted by Crippen LogP contribution is -2.11. The Kier molecular flexibility index (Phi) is 3.05. The van der Waals surface area contributed by atoms with Crippen LogP contribution in [0.3, 0.4) is 0 Å². The molecule has 1 aromatic rings. The molecule has 2 nitrogen and oxygen atoms in total. The molecule has 0 amide bonds. The molecule has 0 fully saturated rings. The van der Waals surface area contributed by atoms with Crippen LogP contribution in [-0.4, -0.2) is 11.5 Å². The molecular weight excluding hydrogens is 200 g/mol. The van der Waals surface area contributed by atoms with Gasteiger partial charge in [0, 0.05) is 0 Å². The highest BCUT2D eigenvalue weighted by atomic mass is 19.4. The summed E-state index contributed by atoms with van der Waals surface area (Å²) in [5.41, 5.74) is 4.13. The maximum atomic E-state index is 12.6. The summed E-state index contributed by atoms with van der Waals surface area (Å²) in [5, 5.41) is 0. The van der Waals surface area contributed by atoms with Crippen LogP contribution in [-0.2, 0) is 12.6 Å². The second kappa shape index (κ2) is 3.91. The minimum atomic E-state index is -4.62. The van der Waals surface area contributed by atoms with E-state index in [2.05, 4.69) is 4.98 Å². The molecule has 6 heteroatoms. The summed E-state index contributed by atoms with van der Waals surface area (Å²) < 4.78 is 49.0. The van der Waals surface area contributed by atoms with Crippen molar-refractivity contribution >= 4 is 0 Å². The van der Waals surface area contributed by atoms with Gasteiger partial charge in [0.05, 0.1) is 0 Å². The number of aromatic nitrogens is 1. The molecule has 0 aliphatic carbocycles. The Labute approximate surface area is 77.7 Å². The van der Waals surface area contributed by atoms with E-state index in [1.54, 1.807) is 0 Å². The third kappa shape index (κ3) is 2.66. The van der Waals surface area contributed by atoms with Gasteiger partial charge in [-0.2, -0.15) is 17.6 Å². The third-order valence-electron chi connectivity index (χ3n) is 1.58. The van der Waals surface area contributed by atoms with Crippen LogP contribution in [0.15, 0.2) is 12.1 Å². The van der Waals surface area contributed by atoms with Gasteiger partial charge in [0.15, 0.2) is 0 Å². The number of rotatable bonds is 2. The predicted molar refractivity (Wildman–Crippen MR) is 42.0 cm³/mol. The zero-order valence-corrected chi connectivity index (χ0v) is 7.11. The Morgan fingerprint density at radius 3 is 2.43 bits per heavy atom. The van der Waals surface area contributed by atoms with Crippen molar-refractivity contribution in [3.63, 3.8) is 0 Å². The van der Waals surface area contributed by atoms with Gasteiger partial charge >= 0.3 is 6.18 Å². The monoisotopic (exact) mass is 208 g/mol. The molecule has 0 atom stereocenters. The molecule has 1 rings (SSSR count). The quantitative estimate of drug-likeness (QED) is 0.594. The summed E-state index contributed by atoms with van der Waals surface area (Å²) in [6.07, 6.45) is -4.42. The molecule has 0 bridgehead atoms. The highest BCUT2D eigenvalue weighted by Crippen LogP contribution is 2.28. The molecule has 0 radical (unpaired) electrons. The van der Waals surface area contributed by atoms with Crippen molar-refractivity contribution in [1.82, 2.24) is 4.98 Å². The minimum Gasteiger partial charge on any atom is -0.330 e. The molecule has 0 spiro atoms.